The molecule has 0 bridgehead atoms. The molecule has 0 unspecified atom stereocenters. The average molecular weight is 477 g/mol. The number of hydrogen-bond donors (Lipinski definition) is 1. The van der Waals surface area contributed by atoms with E-state index in [0.717, 1.165) is 37.7 Å². The summed E-state index contributed by atoms with van der Waals surface area (Å²) in [5, 5.41) is 2.79. The minimum Gasteiger partial charge on any atom is -0.495 e. The normalized spacial score (nSPS) is 14.7. The molecule has 0 radical (unpaired) electrons. The van der Waals surface area contributed by atoms with Crippen molar-refractivity contribution in [2.24, 2.45) is 0 Å². The van der Waals surface area contributed by atoms with Crippen LogP contribution in [-0.2, 0) is 14.8 Å². The lowest BCUT2D eigenvalue weighted by Gasteiger charge is -2.33. The number of sulfonamides is 1. The first-order valence-corrected chi connectivity index (χ1v) is 12.4. The molecule has 9 heteroatoms. The van der Waals surface area contributed by atoms with Crippen molar-refractivity contribution in [2.45, 2.75) is 50.0 Å². The molecule has 0 atom stereocenters. The Kier molecular flexibility index (Phi) is 8.20. The van der Waals surface area contributed by atoms with Crippen LogP contribution in [0.5, 0.6) is 17.2 Å². The van der Waals surface area contributed by atoms with Crippen LogP contribution in [0.1, 0.15) is 37.7 Å². The minimum absolute atomic E-state index is 0.0782. The number of methoxy groups -OCH3 is 3. The van der Waals surface area contributed by atoms with Gasteiger partial charge in [0.1, 0.15) is 10.6 Å². The van der Waals surface area contributed by atoms with Crippen molar-refractivity contribution < 1.29 is 27.4 Å². The van der Waals surface area contributed by atoms with E-state index < -0.39 is 15.9 Å². The number of hydrogen-bond acceptors (Lipinski definition) is 6. The van der Waals surface area contributed by atoms with E-state index in [2.05, 4.69) is 5.32 Å². The Balaban J connectivity index is 1.90. The summed E-state index contributed by atoms with van der Waals surface area (Å²) < 4.78 is 44.7. The van der Waals surface area contributed by atoms with Crippen LogP contribution in [0.4, 0.5) is 5.69 Å². The number of nitrogens with zero attached hydrogens (tertiary/aromatic N) is 1. The molecule has 1 N–H and O–H groups in total. The highest BCUT2D eigenvalue weighted by atomic mass is 32.2. The summed E-state index contributed by atoms with van der Waals surface area (Å²) in [6, 6.07) is 9.79. The predicted molar refractivity (Wildman–Crippen MR) is 127 cm³/mol. The number of ether oxygens (including phenoxy) is 3. The van der Waals surface area contributed by atoms with E-state index in [-0.39, 0.29) is 23.2 Å². The lowest BCUT2D eigenvalue weighted by molar-refractivity contribution is -0.116. The smallest absolute Gasteiger partial charge is 0.247 e. The fourth-order valence-electron chi connectivity index (χ4n) is 4.15. The first-order chi connectivity index (χ1) is 15.8. The van der Waals surface area contributed by atoms with E-state index in [1.165, 1.54) is 25.6 Å². The van der Waals surface area contributed by atoms with Gasteiger partial charge in [0.2, 0.25) is 15.9 Å². The van der Waals surface area contributed by atoms with E-state index in [4.69, 9.17) is 14.2 Å². The minimum atomic E-state index is -3.97. The van der Waals surface area contributed by atoms with E-state index >= 15 is 0 Å². The highest BCUT2D eigenvalue weighted by Gasteiger charge is 2.35. The monoisotopic (exact) mass is 476 g/mol. The zero-order chi connectivity index (χ0) is 24.0. The Labute approximate surface area is 195 Å². The molecule has 1 aliphatic rings. The summed E-state index contributed by atoms with van der Waals surface area (Å²) in [5.74, 6) is 0.842. The van der Waals surface area contributed by atoms with Crippen molar-refractivity contribution in [3.8, 4) is 17.2 Å². The van der Waals surface area contributed by atoms with Crippen LogP contribution < -0.4 is 19.5 Å². The summed E-state index contributed by atoms with van der Waals surface area (Å²) in [6.07, 6.45) is 4.36. The van der Waals surface area contributed by atoms with Gasteiger partial charge in [0.15, 0.2) is 11.5 Å². The molecule has 0 aliphatic heterocycles. The van der Waals surface area contributed by atoms with Crippen LogP contribution in [0.25, 0.3) is 0 Å². The molecular weight excluding hydrogens is 444 g/mol. The number of carbonyl (C=O) groups excluding carboxylic acids is 1. The van der Waals surface area contributed by atoms with Gasteiger partial charge in [-0.1, -0.05) is 25.3 Å². The van der Waals surface area contributed by atoms with Crippen LogP contribution in [0.15, 0.2) is 41.3 Å². The fourth-order valence-corrected chi connectivity index (χ4v) is 6.03. The quantitative estimate of drug-likeness (QED) is 0.588. The van der Waals surface area contributed by atoms with Crippen molar-refractivity contribution in [3.63, 3.8) is 0 Å². The van der Waals surface area contributed by atoms with Gasteiger partial charge in [0, 0.05) is 17.8 Å². The topological polar surface area (TPSA) is 94.2 Å². The SMILES string of the molecule is COc1ccc(NC(=O)CN(C2CCCCC2)S(=O)(=O)c2cc(C)ccc2OC)cc1OC. The number of nitrogens with one attached hydrogen (secondary N) is 1. The average Bonchev–Trinajstić information content (AvgIpc) is 2.82. The second kappa shape index (κ2) is 10.9. The molecule has 0 saturated heterocycles. The third kappa shape index (κ3) is 5.78. The van der Waals surface area contributed by atoms with E-state index in [9.17, 15) is 13.2 Å². The molecule has 180 valence electrons. The highest BCUT2D eigenvalue weighted by Crippen LogP contribution is 2.33. The third-order valence-electron chi connectivity index (χ3n) is 5.85. The van der Waals surface area contributed by atoms with Crippen LogP contribution in [-0.4, -0.2) is 52.5 Å². The molecule has 1 amide bonds. The number of anilines is 1. The first-order valence-electron chi connectivity index (χ1n) is 11.0. The van der Waals surface area contributed by atoms with Gasteiger partial charge in [0.05, 0.1) is 27.9 Å². The van der Waals surface area contributed by atoms with Crippen LogP contribution >= 0.6 is 0 Å². The third-order valence-corrected chi connectivity index (χ3v) is 7.77. The zero-order valence-electron chi connectivity index (χ0n) is 19.6. The Morgan fingerprint density at radius 3 is 2.21 bits per heavy atom. The van der Waals surface area contributed by atoms with E-state index in [1.54, 1.807) is 36.4 Å². The first kappa shape index (κ1) is 24.9. The summed E-state index contributed by atoms with van der Waals surface area (Å²) >= 11 is 0. The Morgan fingerprint density at radius 2 is 1.58 bits per heavy atom. The summed E-state index contributed by atoms with van der Waals surface area (Å²) in [5.41, 5.74) is 1.29. The maximum absolute atomic E-state index is 13.8. The molecule has 33 heavy (non-hydrogen) atoms. The second-order valence-corrected chi connectivity index (χ2v) is 9.97. The Hall–Kier alpha value is -2.78. The molecule has 2 aromatic rings. The summed E-state index contributed by atoms with van der Waals surface area (Å²) in [7, 11) is 0.509. The highest BCUT2D eigenvalue weighted by molar-refractivity contribution is 7.89. The van der Waals surface area contributed by atoms with Crippen molar-refractivity contribution >= 4 is 21.6 Å². The van der Waals surface area contributed by atoms with Gasteiger partial charge < -0.3 is 19.5 Å². The molecule has 8 nitrogen and oxygen atoms in total. The van der Waals surface area contributed by atoms with Crippen LogP contribution in [0, 0.1) is 6.92 Å². The van der Waals surface area contributed by atoms with Crippen molar-refractivity contribution in [1.29, 1.82) is 0 Å². The van der Waals surface area contributed by atoms with E-state index in [1.807, 2.05) is 6.92 Å². The Morgan fingerprint density at radius 1 is 0.939 bits per heavy atom. The zero-order valence-corrected chi connectivity index (χ0v) is 20.4. The van der Waals surface area contributed by atoms with Gasteiger partial charge in [0.25, 0.3) is 0 Å². The molecule has 1 aliphatic carbocycles. The van der Waals surface area contributed by atoms with Gasteiger partial charge in [-0.05, 0) is 49.6 Å². The number of carbonyl (C=O) groups is 1. The molecule has 3 rings (SSSR count). The molecule has 0 aromatic heterocycles. The maximum atomic E-state index is 13.8. The molecule has 1 saturated carbocycles. The predicted octanol–water partition coefficient (Wildman–Crippen LogP) is 3.98. The molecule has 0 spiro atoms. The van der Waals surface area contributed by atoms with Crippen molar-refractivity contribution in [3.05, 3.63) is 42.0 Å². The molecule has 1 fully saturated rings. The summed E-state index contributed by atoms with van der Waals surface area (Å²) in [6.45, 7) is 1.53. The molecular formula is C24H32N2O6S. The molecule has 2 aromatic carbocycles. The lowest BCUT2D eigenvalue weighted by Crippen LogP contribution is -2.45. The fraction of sp³-hybridized carbons (Fsp3) is 0.458. The van der Waals surface area contributed by atoms with Gasteiger partial charge in [-0.3, -0.25) is 4.79 Å². The van der Waals surface area contributed by atoms with Crippen LogP contribution in [0.2, 0.25) is 0 Å². The molecule has 0 heterocycles. The van der Waals surface area contributed by atoms with Crippen molar-refractivity contribution in [1.82, 2.24) is 4.31 Å². The van der Waals surface area contributed by atoms with Gasteiger partial charge in [-0.25, -0.2) is 8.42 Å². The lowest BCUT2D eigenvalue weighted by atomic mass is 9.95. The van der Waals surface area contributed by atoms with Gasteiger partial charge in [-0.2, -0.15) is 4.31 Å². The standard InChI is InChI=1S/C24H32N2O6S/c1-17-10-12-21(31-3)23(14-17)33(28,29)26(19-8-6-5-7-9-19)16-24(27)25-18-11-13-20(30-2)22(15-18)32-4/h10-15,19H,5-9,16H2,1-4H3,(H,25,27). The number of amides is 1. The Bertz CT molecular complexity index is 1080. The number of rotatable bonds is 9. The summed E-state index contributed by atoms with van der Waals surface area (Å²) in [4.78, 5) is 13.1. The number of benzene rings is 2. The van der Waals surface area contributed by atoms with Gasteiger partial charge in [-0.15, -0.1) is 0 Å². The van der Waals surface area contributed by atoms with E-state index in [0.29, 0.717) is 17.2 Å². The van der Waals surface area contributed by atoms with Crippen LogP contribution in [0.3, 0.4) is 0 Å². The number of aryl methyl sites for hydroxylation is 1. The van der Waals surface area contributed by atoms with Crippen molar-refractivity contribution in [2.75, 3.05) is 33.2 Å². The second-order valence-electron chi connectivity index (χ2n) is 8.11. The maximum Gasteiger partial charge on any atom is 0.247 e. The van der Waals surface area contributed by atoms with Gasteiger partial charge >= 0.3 is 0 Å². The largest absolute Gasteiger partial charge is 0.495 e.